The molecule has 3 nitrogen and oxygen atoms in total. The van der Waals surface area contributed by atoms with Crippen molar-refractivity contribution in [3.8, 4) is 11.5 Å². The van der Waals surface area contributed by atoms with Gasteiger partial charge in [0.15, 0.2) is 0 Å². The third kappa shape index (κ3) is 2.49. The summed E-state index contributed by atoms with van der Waals surface area (Å²) in [5, 5.41) is 13.1. The van der Waals surface area contributed by atoms with Crippen molar-refractivity contribution >= 4 is 0 Å². The molecule has 20 heavy (non-hydrogen) atoms. The van der Waals surface area contributed by atoms with Crippen LogP contribution in [0.15, 0.2) is 42.5 Å². The van der Waals surface area contributed by atoms with Gasteiger partial charge in [-0.1, -0.05) is 29.8 Å². The molecule has 104 valence electrons. The Morgan fingerprint density at radius 2 is 2.10 bits per heavy atom. The summed E-state index contributed by atoms with van der Waals surface area (Å²) in [4.78, 5) is 0. The number of aryl methyl sites for hydroxylation is 1. The van der Waals surface area contributed by atoms with E-state index in [0.717, 1.165) is 11.3 Å². The zero-order chi connectivity index (χ0) is 14.1. The molecule has 2 aromatic rings. The number of nitrogens with one attached hydrogen (secondary N) is 1. The first-order valence-electron chi connectivity index (χ1n) is 6.92. The molecule has 3 rings (SSSR count). The molecule has 0 aromatic heterocycles. The fraction of sp³-hybridized carbons (Fsp3) is 0.294. The van der Waals surface area contributed by atoms with Crippen LogP contribution < -0.4 is 10.1 Å². The van der Waals surface area contributed by atoms with Crippen molar-refractivity contribution < 1.29 is 9.84 Å². The quantitative estimate of drug-likeness (QED) is 0.896. The molecule has 0 amide bonds. The second-order valence-electron chi connectivity index (χ2n) is 5.39. The number of aromatic hydroxyl groups is 1. The Morgan fingerprint density at radius 3 is 2.90 bits per heavy atom. The Kier molecular flexibility index (Phi) is 3.36. The number of ether oxygens (including phenoxy) is 1. The largest absolute Gasteiger partial charge is 0.508 e. The van der Waals surface area contributed by atoms with Gasteiger partial charge in [0.1, 0.15) is 18.1 Å². The highest BCUT2D eigenvalue weighted by molar-refractivity contribution is 5.44. The highest BCUT2D eigenvalue weighted by Gasteiger charge is 2.25. The van der Waals surface area contributed by atoms with E-state index >= 15 is 0 Å². The first kappa shape index (κ1) is 13.0. The molecule has 0 fully saturated rings. The fourth-order valence-electron chi connectivity index (χ4n) is 2.67. The second-order valence-corrected chi connectivity index (χ2v) is 5.39. The minimum absolute atomic E-state index is 0.168. The lowest BCUT2D eigenvalue weighted by molar-refractivity contribution is 0.300. The van der Waals surface area contributed by atoms with Gasteiger partial charge in [0.25, 0.3) is 0 Å². The lowest BCUT2D eigenvalue weighted by Gasteiger charge is -2.19. The van der Waals surface area contributed by atoms with Crippen molar-refractivity contribution in [2.24, 2.45) is 0 Å². The summed E-state index contributed by atoms with van der Waals surface area (Å²) < 4.78 is 5.63. The summed E-state index contributed by atoms with van der Waals surface area (Å²) in [7, 11) is 0. The number of benzene rings is 2. The molecule has 0 spiro atoms. The molecular weight excluding hydrogens is 250 g/mol. The van der Waals surface area contributed by atoms with E-state index in [1.165, 1.54) is 11.1 Å². The van der Waals surface area contributed by atoms with Gasteiger partial charge in [-0.15, -0.1) is 0 Å². The summed E-state index contributed by atoms with van der Waals surface area (Å²) >= 11 is 0. The van der Waals surface area contributed by atoms with Gasteiger partial charge in [-0.3, -0.25) is 0 Å². The first-order valence-corrected chi connectivity index (χ1v) is 6.92. The Labute approximate surface area is 119 Å². The summed E-state index contributed by atoms with van der Waals surface area (Å²) in [5.74, 6) is 1.02. The number of rotatable bonds is 3. The Morgan fingerprint density at radius 1 is 1.25 bits per heavy atom. The van der Waals surface area contributed by atoms with Gasteiger partial charge in [0.05, 0.1) is 6.04 Å². The van der Waals surface area contributed by atoms with Crippen LogP contribution in [0.3, 0.4) is 0 Å². The third-order valence-corrected chi connectivity index (χ3v) is 3.77. The number of hydrogen-bond acceptors (Lipinski definition) is 3. The lowest BCUT2D eigenvalue weighted by Crippen LogP contribution is -2.25. The number of fused-ring (bicyclic) bond motifs is 1. The molecule has 1 aliphatic rings. The molecule has 0 aliphatic carbocycles. The van der Waals surface area contributed by atoms with E-state index in [1.54, 1.807) is 12.1 Å². The number of phenols is 1. The van der Waals surface area contributed by atoms with Crippen LogP contribution in [0.2, 0.25) is 0 Å². The summed E-state index contributed by atoms with van der Waals surface area (Å²) in [6.07, 6.45) is 0. The van der Waals surface area contributed by atoms with Crippen LogP contribution in [0.1, 0.15) is 35.7 Å². The predicted octanol–water partition coefficient (Wildman–Crippen LogP) is 3.48. The average Bonchev–Trinajstić information content (AvgIpc) is 2.81. The molecular formula is C17H19NO2. The van der Waals surface area contributed by atoms with E-state index < -0.39 is 0 Å². The number of hydrogen-bond donors (Lipinski definition) is 2. The maximum absolute atomic E-state index is 9.47. The summed E-state index contributed by atoms with van der Waals surface area (Å²) in [6.45, 7) is 4.87. The van der Waals surface area contributed by atoms with E-state index in [4.69, 9.17) is 4.74 Å². The van der Waals surface area contributed by atoms with Crippen molar-refractivity contribution in [1.82, 2.24) is 5.32 Å². The van der Waals surface area contributed by atoms with Crippen LogP contribution in [-0.2, 0) is 0 Å². The van der Waals surface area contributed by atoms with Crippen molar-refractivity contribution in [3.63, 3.8) is 0 Å². The van der Waals surface area contributed by atoms with Crippen molar-refractivity contribution in [3.05, 3.63) is 59.2 Å². The molecule has 2 aromatic carbocycles. The molecule has 1 heterocycles. The normalized spacial score (nSPS) is 18.4. The van der Waals surface area contributed by atoms with E-state index in [0.29, 0.717) is 6.61 Å². The molecule has 1 unspecified atom stereocenters. The van der Waals surface area contributed by atoms with Gasteiger partial charge < -0.3 is 15.2 Å². The maximum atomic E-state index is 9.47. The summed E-state index contributed by atoms with van der Waals surface area (Å²) in [5.41, 5.74) is 3.66. The second kappa shape index (κ2) is 5.17. The Hall–Kier alpha value is -2.00. The smallest absolute Gasteiger partial charge is 0.127 e. The Balaban J connectivity index is 1.77. The highest BCUT2D eigenvalue weighted by Crippen LogP contribution is 2.36. The minimum Gasteiger partial charge on any atom is -0.508 e. The van der Waals surface area contributed by atoms with Gasteiger partial charge in [0.2, 0.25) is 0 Å². The lowest BCUT2D eigenvalue weighted by atomic mass is 10.0. The van der Waals surface area contributed by atoms with Crippen LogP contribution in [0.25, 0.3) is 0 Å². The van der Waals surface area contributed by atoms with Gasteiger partial charge in [-0.25, -0.2) is 0 Å². The molecule has 2 atom stereocenters. The molecule has 2 N–H and O–H groups in total. The third-order valence-electron chi connectivity index (χ3n) is 3.77. The van der Waals surface area contributed by atoms with Crippen LogP contribution in [-0.4, -0.2) is 11.7 Å². The van der Waals surface area contributed by atoms with E-state index in [1.807, 2.05) is 6.07 Å². The van der Waals surface area contributed by atoms with Crippen LogP contribution in [0, 0.1) is 6.92 Å². The zero-order valence-corrected chi connectivity index (χ0v) is 11.8. The van der Waals surface area contributed by atoms with Crippen molar-refractivity contribution in [2.45, 2.75) is 25.9 Å². The predicted molar refractivity (Wildman–Crippen MR) is 79.1 cm³/mol. The van der Waals surface area contributed by atoms with Gasteiger partial charge in [-0.2, -0.15) is 0 Å². The van der Waals surface area contributed by atoms with E-state index in [2.05, 4.69) is 43.4 Å². The summed E-state index contributed by atoms with van der Waals surface area (Å²) in [6, 6.07) is 14.3. The molecule has 0 saturated heterocycles. The van der Waals surface area contributed by atoms with E-state index in [9.17, 15) is 5.11 Å². The van der Waals surface area contributed by atoms with Gasteiger partial charge in [0, 0.05) is 17.7 Å². The molecule has 1 aliphatic heterocycles. The number of phenolic OH excluding ortho intramolecular Hbond substituents is 1. The monoisotopic (exact) mass is 269 g/mol. The van der Waals surface area contributed by atoms with Crippen LogP contribution in [0.5, 0.6) is 11.5 Å². The fourth-order valence-corrected chi connectivity index (χ4v) is 2.67. The highest BCUT2D eigenvalue weighted by atomic mass is 16.5. The van der Waals surface area contributed by atoms with E-state index in [-0.39, 0.29) is 17.8 Å². The van der Waals surface area contributed by atoms with Crippen LogP contribution in [0.4, 0.5) is 0 Å². The first-order chi connectivity index (χ1) is 9.63. The maximum Gasteiger partial charge on any atom is 0.127 e. The van der Waals surface area contributed by atoms with Gasteiger partial charge in [-0.05, 0) is 31.5 Å². The minimum atomic E-state index is 0.168. The topological polar surface area (TPSA) is 41.5 Å². The van der Waals surface area contributed by atoms with Crippen molar-refractivity contribution in [1.29, 1.82) is 0 Å². The Bertz CT molecular complexity index is 624. The van der Waals surface area contributed by atoms with Crippen molar-refractivity contribution in [2.75, 3.05) is 6.61 Å². The molecule has 0 bridgehead atoms. The molecule has 3 heteroatoms. The SMILES string of the molecule is Cc1cccc([C@H](C)NC2COc3cc(O)ccc32)c1. The average molecular weight is 269 g/mol. The molecule has 0 radical (unpaired) electrons. The molecule has 0 saturated carbocycles. The van der Waals surface area contributed by atoms with Crippen LogP contribution >= 0.6 is 0 Å². The van der Waals surface area contributed by atoms with Gasteiger partial charge >= 0.3 is 0 Å². The zero-order valence-electron chi connectivity index (χ0n) is 11.8. The standard InChI is InChI=1S/C17H19NO2/c1-11-4-3-5-13(8-11)12(2)18-16-10-20-17-9-14(19)6-7-15(16)17/h3-9,12,16,18-19H,10H2,1-2H3/t12-,16?/m0/s1.